The lowest BCUT2D eigenvalue weighted by molar-refractivity contribution is -0.138. The number of nitrogens with zero attached hydrogens (tertiary/aromatic N) is 3. The zero-order chi connectivity index (χ0) is 16.8. The molecule has 132 valence electrons. The maximum Gasteiger partial charge on any atom is 0.409 e. The van der Waals surface area contributed by atoms with Crippen molar-refractivity contribution in [1.82, 2.24) is 14.7 Å². The van der Waals surface area contributed by atoms with Crippen LogP contribution in [0.5, 0.6) is 0 Å². The van der Waals surface area contributed by atoms with E-state index in [1.807, 2.05) is 4.90 Å². The highest BCUT2D eigenvalue weighted by Gasteiger charge is 2.33. The summed E-state index contributed by atoms with van der Waals surface area (Å²) in [6.45, 7) is 12.5. The van der Waals surface area contributed by atoms with Crippen molar-refractivity contribution in [2.24, 2.45) is 11.8 Å². The van der Waals surface area contributed by atoms with E-state index >= 15 is 0 Å². The second-order valence-corrected chi connectivity index (χ2v) is 7.00. The number of likely N-dealkylation sites (tertiary alicyclic amines) is 1. The molecule has 6 heteroatoms. The fourth-order valence-corrected chi connectivity index (χ4v) is 3.48. The standard InChI is InChI=1S/C17H31N3O3/c1-4-23-17(22)20-7-5-6-15(13-20)16(21)19-10-8-18(9-11-19)12-14(2)3/h14-15H,4-13H2,1-3H3. The summed E-state index contributed by atoms with van der Waals surface area (Å²) >= 11 is 0. The SMILES string of the molecule is CCOC(=O)N1CCCC(C(=O)N2CCN(CC(C)C)CC2)C1. The van der Waals surface area contributed by atoms with Gasteiger partial charge < -0.3 is 14.5 Å². The molecule has 2 aliphatic rings. The molecule has 2 heterocycles. The largest absolute Gasteiger partial charge is 0.450 e. The molecule has 2 aliphatic heterocycles. The van der Waals surface area contributed by atoms with Crippen LogP contribution in [0.2, 0.25) is 0 Å². The van der Waals surface area contributed by atoms with Gasteiger partial charge in [-0.05, 0) is 25.7 Å². The van der Waals surface area contributed by atoms with E-state index in [2.05, 4.69) is 18.7 Å². The Morgan fingerprint density at radius 2 is 1.78 bits per heavy atom. The van der Waals surface area contributed by atoms with E-state index in [-0.39, 0.29) is 17.9 Å². The fraction of sp³-hybridized carbons (Fsp3) is 0.882. The Hall–Kier alpha value is -1.30. The van der Waals surface area contributed by atoms with E-state index in [0.717, 1.165) is 45.6 Å². The molecule has 1 atom stereocenters. The maximum absolute atomic E-state index is 12.7. The third-order valence-electron chi connectivity index (χ3n) is 4.60. The van der Waals surface area contributed by atoms with Crippen LogP contribution in [0.1, 0.15) is 33.6 Å². The molecule has 23 heavy (non-hydrogen) atoms. The number of hydrogen-bond acceptors (Lipinski definition) is 4. The lowest BCUT2D eigenvalue weighted by Crippen LogP contribution is -2.53. The zero-order valence-electron chi connectivity index (χ0n) is 14.8. The molecule has 0 aromatic carbocycles. The number of amides is 2. The predicted octanol–water partition coefficient (Wildman–Crippen LogP) is 1.66. The Morgan fingerprint density at radius 3 is 2.39 bits per heavy atom. The monoisotopic (exact) mass is 325 g/mol. The van der Waals surface area contributed by atoms with Gasteiger partial charge in [0, 0.05) is 45.8 Å². The van der Waals surface area contributed by atoms with Gasteiger partial charge >= 0.3 is 6.09 Å². The van der Waals surface area contributed by atoms with Crippen molar-refractivity contribution in [3.63, 3.8) is 0 Å². The molecule has 0 radical (unpaired) electrons. The molecular formula is C17H31N3O3. The van der Waals surface area contributed by atoms with E-state index in [1.54, 1.807) is 11.8 Å². The summed E-state index contributed by atoms with van der Waals surface area (Å²) in [6.07, 6.45) is 1.47. The van der Waals surface area contributed by atoms with Gasteiger partial charge in [-0.15, -0.1) is 0 Å². The van der Waals surface area contributed by atoms with Crippen molar-refractivity contribution in [3.05, 3.63) is 0 Å². The lowest BCUT2D eigenvalue weighted by Gasteiger charge is -2.39. The number of carbonyl (C=O) groups excluding carboxylic acids is 2. The maximum atomic E-state index is 12.7. The highest BCUT2D eigenvalue weighted by molar-refractivity contribution is 5.80. The number of hydrogen-bond donors (Lipinski definition) is 0. The molecule has 0 aromatic rings. The first-order valence-electron chi connectivity index (χ1n) is 8.94. The van der Waals surface area contributed by atoms with Gasteiger partial charge in [0.05, 0.1) is 12.5 Å². The van der Waals surface area contributed by atoms with Crippen LogP contribution in [0, 0.1) is 11.8 Å². The molecule has 2 saturated heterocycles. The van der Waals surface area contributed by atoms with Gasteiger partial charge in [0.1, 0.15) is 0 Å². The summed E-state index contributed by atoms with van der Waals surface area (Å²) in [5.74, 6) is 0.807. The smallest absolute Gasteiger partial charge is 0.409 e. The molecule has 0 N–H and O–H groups in total. The first-order chi connectivity index (χ1) is 11.0. The predicted molar refractivity (Wildman–Crippen MR) is 89.2 cm³/mol. The summed E-state index contributed by atoms with van der Waals surface area (Å²) in [7, 11) is 0. The molecule has 6 nitrogen and oxygen atoms in total. The Balaban J connectivity index is 1.82. The molecule has 1 unspecified atom stereocenters. The van der Waals surface area contributed by atoms with E-state index in [1.165, 1.54) is 0 Å². The topological polar surface area (TPSA) is 53.1 Å². The highest BCUT2D eigenvalue weighted by atomic mass is 16.6. The van der Waals surface area contributed by atoms with E-state index in [4.69, 9.17) is 4.74 Å². The van der Waals surface area contributed by atoms with Crippen LogP contribution in [-0.4, -0.2) is 79.1 Å². The number of rotatable bonds is 4. The zero-order valence-corrected chi connectivity index (χ0v) is 14.8. The minimum atomic E-state index is -0.285. The number of carbonyl (C=O) groups is 2. The quantitative estimate of drug-likeness (QED) is 0.789. The van der Waals surface area contributed by atoms with Crippen LogP contribution >= 0.6 is 0 Å². The third kappa shape index (κ3) is 5.09. The van der Waals surface area contributed by atoms with Crippen LogP contribution in [0.15, 0.2) is 0 Å². The second kappa shape index (κ2) is 8.52. The van der Waals surface area contributed by atoms with Crippen LogP contribution in [0.3, 0.4) is 0 Å². The highest BCUT2D eigenvalue weighted by Crippen LogP contribution is 2.20. The lowest BCUT2D eigenvalue weighted by atomic mass is 9.96. The molecule has 2 fully saturated rings. The molecule has 2 rings (SSSR count). The summed E-state index contributed by atoms with van der Waals surface area (Å²) in [4.78, 5) is 30.7. The van der Waals surface area contributed by atoms with Gasteiger partial charge in [0.2, 0.25) is 5.91 Å². The minimum Gasteiger partial charge on any atom is -0.450 e. The van der Waals surface area contributed by atoms with Crippen LogP contribution in [0.25, 0.3) is 0 Å². The first kappa shape index (κ1) is 18.0. The molecule has 0 aromatic heterocycles. The van der Waals surface area contributed by atoms with Crippen LogP contribution in [0.4, 0.5) is 4.79 Å². The number of ether oxygens (including phenoxy) is 1. The third-order valence-corrected chi connectivity index (χ3v) is 4.60. The molecular weight excluding hydrogens is 294 g/mol. The molecule has 0 aliphatic carbocycles. The van der Waals surface area contributed by atoms with Crippen molar-refractivity contribution in [1.29, 1.82) is 0 Å². The van der Waals surface area contributed by atoms with Gasteiger partial charge in [-0.3, -0.25) is 9.69 Å². The van der Waals surface area contributed by atoms with E-state index < -0.39 is 0 Å². The minimum absolute atomic E-state index is 0.0650. The van der Waals surface area contributed by atoms with Crippen LogP contribution in [-0.2, 0) is 9.53 Å². The average Bonchev–Trinajstić information content (AvgIpc) is 2.55. The van der Waals surface area contributed by atoms with E-state index in [0.29, 0.717) is 25.6 Å². The van der Waals surface area contributed by atoms with E-state index in [9.17, 15) is 9.59 Å². The first-order valence-corrected chi connectivity index (χ1v) is 8.94. The average molecular weight is 325 g/mol. The van der Waals surface area contributed by atoms with Gasteiger partial charge in [0.25, 0.3) is 0 Å². The fourth-order valence-electron chi connectivity index (χ4n) is 3.48. The number of piperidine rings is 1. The van der Waals surface area contributed by atoms with Gasteiger partial charge in [-0.1, -0.05) is 13.8 Å². The Kier molecular flexibility index (Phi) is 6.69. The van der Waals surface area contributed by atoms with Crippen molar-refractivity contribution in [2.75, 3.05) is 52.4 Å². The summed E-state index contributed by atoms with van der Waals surface area (Å²) < 4.78 is 5.06. The summed E-state index contributed by atoms with van der Waals surface area (Å²) in [6, 6.07) is 0. The Morgan fingerprint density at radius 1 is 1.09 bits per heavy atom. The van der Waals surface area contributed by atoms with Gasteiger partial charge in [0.15, 0.2) is 0 Å². The van der Waals surface area contributed by atoms with Crippen molar-refractivity contribution < 1.29 is 14.3 Å². The van der Waals surface area contributed by atoms with Crippen molar-refractivity contribution in [2.45, 2.75) is 33.6 Å². The Bertz CT molecular complexity index is 406. The number of piperazine rings is 1. The van der Waals surface area contributed by atoms with Crippen molar-refractivity contribution in [3.8, 4) is 0 Å². The molecule has 0 spiro atoms. The second-order valence-electron chi connectivity index (χ2n) is 7.00. The molecule has 2 amide bonds. The molecule has 0 saturated carbocycles. The summed E-state index contributed by atoms with van der Waals surface area (Å²) in [5.41, 5.74) is 0. The summed E-state index contributed by atoms with van der Waals surface area (Å²) in [5, 5.41) is 0. The normalized spacial score (nSPS) is 23.2. The van der Waals surface area contributed by atoms with Gasteiger partial charge in [-0.25, -0.2) is 4.79 Å². The Labute approximate surface area is 139 Å². The molecule has 0 bridgehead atoms. The van der Waals surface area contributed by atoms with Crippen LogP contribution < -0.4 is 0 Å². The van der Waals surface area contributed by atoms with Gasteiger partial charge in [-0.2, -0.15) is 0 Å². The van der Waals surface area contributed by atoms with Crippen molar-refractivity contribution >= 4 is 12.0 Å².